The maximum atomic E-state index is 11.5. The molecule has 0 unspecified atom stereocenters. The van der Waals surface area contributed by atoms with Gasteiger partial charge in [-0.15, -0.1) is 0 Å². The Kier molecular flexibility index (Phi) is 15.5. The van der Waals surface area contributed by atoms with Gasteiger partial charge in [-0.25, -0.2) is 0 Å². The second kappa shape index (κ2) is 12.4. The van der Waals surface area contributed by atoms with Gasteiger partial charge in [-0.3, -0.25) is 9.59 Å². The summed E-state index contributed by atoms with van der Waals surface area (Å²) in [6, 6.07) is 0. The summed E-state index contributed by atoms with van der Waals surface area (Å²) in [5.41, 5.74) is -1.53. The average Bonchev–Trinajstić information content (AvgIpc) is 2.34. The summed E-state index contributed by atoms with van der Waals surface area (Å²) >= 11 is 0. The van der Waals surface area contributed by atoms with Gasteiger partial charge in [0.1, 0.15) is 11.5 Å². The van der Waals surface area contributed by atoms with Crippen LogP contribution < -0.4 is 0 Å². The van der Waals surface area contributed by atoms with Gasteiger partial charge in [0.05, 0.1) is 0 Å². The van der Waals surface area contributed by atoms with E-state index in [2.05, 4.69) is 0 Å². The molecule has 0 aromatic heterocycles. The maximum absolute atomic E-state index is 11.5. The number of hydrogen-bond acceptors (Lipinski definition) is 4. The van der Waals surface area contributed by atoms with Crippen LogP contribution in [0.15, 0.2) is 23.7 Å². The fraction of sp³-hybridized carbons (Fsp3) is 0.727. The number of aliphatic hydroxyl groups is 2. The van der Waals surface area contributed by atoms with E-state index >= 15 is 0 Å². The first kappa shape index (κ1) is 35.1. The number of allylic oxidation sites excluding steroid dienone is 4. The molecule has 0 bridgehead atoms. The smallest absolute Gasteiger partial charge is 0.512 e. The summed E-state index contributed by atoms with van der Waals surface area (Å²) in [5.74, 6) is 0.208. The van der Waals surface area contributed by atoms with Crippen molar-refractivity contribution >= 4 is 11.6 Å². The number of ketones is 2. The van der Waals surface area contributed by atoms with E-state index < -0.39 is 10.8 Å². The number of carbonyl (C=O) groups is 2. The molecule has 0 fully saturated rings. The third-order valence-corrected chi connectivity index (χ3v) is 3.55. The van der Waals surface area contributed by atoms with Crippen molar-refractivity contribution in [2.75, 3.05) is 0 Å². The van der Waals surface area contributed by atoms with Gasteiger partial charge in [0.15, 0.2) is 11.6 Å². The third kappa shape index (κ3) is 15.6. The van der Waals surface area contributed by atoms with E-state index in [1.54, 1.807) is 0 Å². The van der Waals surface area contributed by atoms with Crippen LogP contribution in [0.25, 0.3) is 0 Å². The molecule has 0 atom stereocenters. The van der Waals surface area contributed by atoms with E-state index in [0.717, 1.165) is 0 Å². The van der Waals surface area contributed by atoms with E-state index in [1.807, 2.05) is 83.1 Å². The largest absolute Gasteiger partial charge is 2.00 e. The van der Waals surface area contributed by atoms with Crippen LogP contribution in [0.2, 0.25) is 0 Å². The Bertz CT molecular complexity index is 509. The maximum Gasteiger partial charge on any atom is 2.00 e. The Balaban J connectivity index is -0.000000192. The number of carbonyl (C=O) groups excluding carboxylic acids is 2. The van der Waals surface area contributed by atoms with Crippen LogP contribution in [0.3, 0.4) is 0 Å². The van der Waals surface area contributed by atoms with E-state index in [-0.39, 0.29) is 72.9 Å². The second-order valence-corrected chi connectivity index (χ2v) is 10.8. The molecule has 2 N–H and O–H groups in total. The summed E-state index contributed by atoms with van der Waals surface area (Å²) < 4.78 is 0. The second-order valence-electron chi connectivity index (χ2n) is 10.8. The van der Waals surface area contributed by atoms with Crippen molar-refractivity contribution in [3.63, 3.8) is 0 Å². The van der Waals surface area contributed by atoms with Crippen LogP contribution in [-0.4, -0.2) is 21.8 Å². The Labute approximate surface area is 198 Å². The van der Waals surface area contributed by atoms with Crippen molar-refractivity contribution in [3.8, 4) is 0 Å². The molecule has 0 aromatic carbocycles. The summed E-state index contributed by atoms with van der Waals surface area (Å²) in [7, 11) is 0. The van der Waals surface area contributed by atoms with Crippen LogP contribution >= 0.6 is 0 Å². The molecule has 0 amide bonds. The zero-order chi connectivity index (χ0) is 21.7. The minimum absolute atomic E-state index is 0. The minimum Gasteiger partial charge on any atom is -0.512 e. The Morgan fingerprint density at radius 1 is 0.500 bits per heavy atom. The predicted molar refractivity (Wildman–Crippen MR) is 109 cm³/mol. The summed E-state index contributed by atoms with van der Waals surface area (Å²) in [6.45, 7) is 22.2. The Morgan fingerprint density at radius 3 is 0.786 bits per heavy atom. The molecule has 0 saturated heterocycles. The van der Waals surface area contributed by atoms with Gasteiger partial charge in [0.25, 0.3) is 0 Å². The number of hydrogen-bond donors (Lipinski definition) is 2. The zero-order valence-corrected chi connectivity index (χ0v) is 26.2. The number of rotatable bonds is 2. The summed E-state index contributed by atoms with van der Waals surface area (Å²) in [5, 5.41) is 19.1. The molecule has 0 aliphatic rings. The van der Waals surface area contributed by atoms with Crippen LogP contribution in [0.4, 0.5) is 0 Å². The van der Waals surface area contributed by atoms with Gasteiger partial charge in [-0.1, -0.05) is 83.1 Å². The van der Waals surface area contributed by atoms with E-state index in [4.69, 9.17) is 0 Å². The topological polar surface area (TPSA) is 74.6 Å². The summed E-state index contributed by atoms with van der Waals surface area (Å²) in [4.78, 5) is 23.0. The molecule has 0 aliphatic carbocycles. The molecule has 0 spiro atoms. The van der Waals surface area contributed by atoms with E-state index in [0.29, 0.717) is 0 Å². The molecule has 0 aromatic rings. The van der Waals surface area contributed by atoms with Gasteiger partial charge < -0.3 is 10.2 Å². The first-order chi connectivity index (χ1) is 11.1. The molecule has 28 heavy (non-hydrogen) atoms. The van der Waals surface area contributed by atoms with Gasteiger partial charge in [0, 0.05) is 33.8 Å². The molecule has 0 radical (unpaired) electrons. The molecule has 6 heteroatoms. The quantitative estimate of drug-likeness (QED) is 0.271. The molecule has 0 heterocycles. The van der Waals surface area contributed by atoms with Crippen molar-refractivity contribution in [1.82, 2.24) is 0 Å². The molecule has 0 saturated carbocycles. The van der Waals surface area contributed by atoms with Gasteiger partial charge >= 0.3 is 39.0 Å². The fourth-order valence-corrected chi connectivity index (χ4v) is 1.11. The van der Waals surface area contributed by atoms with Crippen LogP contribution in [0.1, 0.15) is 83.1 Å². The van der Waals surface area contributed by atoms with Gasteiger partial charge in [-0.05, 0) is 0 Å². The Hall–Kier alpha value is -0.333. The van der Waals surface area contributed by atoms with Crippen molar-refractivity contribution in [1.29, 1.82) is 0 Å². The molecule has 4 nitrogen and oxygen atoms in total. The molecular weight excluding hydrogens is 459 g/mol. The van der Waals surface area contributed by atoms with Crippen molar-refractivity contribution < 1.29 is 58.8 Å². The average molecular weight is 499 g/mol. The standard InChI is InChI=1S/2C11H20O2.2Zn/c2*1-10(2,3)8(12)7-9(13)11(4,5)6;;/h2*7,12H,1-6H3;;/q;;2*+2. The molecule has 0 rings (SSSR count). The van der Waals surface area contributed by atoms with Crippen LogP contribution in [0.5, 0.6) is 0 Å². The van der Waals surface area contributed by atoms with Crippen LogP contribution in [0, 0.1) is 21.7 Å². The van der Waals surface area contributed by atoms with Crippen molar-refractivity contribution in [3.05, 3.63) is 23.7 Å². The van der Waals surface area contributed by atoms with Gasteiger partial charge in [-0.2, -0.15) is 0 Å². The normalized spacial score (nSPS) is 13.4. The fourth-order valence-electron chi connectivity index (χ4n) is 1.11. The minimum atomic E-state index is -0.417. The Morgan fingerprint density at radius 2 is 0.679 bits per heavy atom. The van der Waals surface area contributed by atoms with Crippen molar-refractivity contribution in [2.24, 2.45) is 21.7 Å². The SMILES string of the molecule is CC(C)(C)C(=O)C=C(O)C(C)(C)C.CC(C)(C)C(=O)C=C(O)C(C)(C)C.[Zn+2].[Zn+2]. The molecule has 0 aliphatic heterocycles. The first-order valence-corrected chi connectivity index (χ1v) is 9.01. The first-order valence-electron chi connectivity index (χ1n) is 9.01. The molecular formula is C22H40O4Zn2+4. The third-order valence-electron chi connectivity index (χ3n) is 3.55. The van der Waals surface area contributed by atoms with Crippen LogP contribution in [-0.2, 0) is 48.5 Å². The predicted octanol–water partition coefficient (Wildman–Crippen LogP) is 6.17. The van der Waals surface area contributed by atoms with Crippen molar-refractivity contribution in [2.45, 2.75) is 83.1 Å². The zero-order valence-electron chi connectivity index (χ0n) is 20.3. The summed E-state index contributed by atoms with van der Waals surface area (Å²) in [6.07, 6.45) is 2.67. The van der Waals surface area contributed by atoms with E-state index in [9.17, 15) is 19.8 Å². The monoisotopic (exact) mass is 496 g/mol. The molecule has 152 valence electrons. The van der Waals surface area contributed by atoms with E-state index in [1.165, 1.54) is 12.2 Å². The van der Waals surface area contributed by atoms with Gasteiger partial charge in [0.2, 0.25) is 0 Å². The number of aliphatic hydroxyl groups excluding tert-OH is 2.